The van der Waals surface area contributed by atoms with Crippen molar-refractivity contribution < 1.29 is 0 Å². The number of hydrogen-bond acceptors (Lipinski definition) is 0. The van der Waals surface area contributed by atoms with E-state index in [2.05, 4.69) is 194 Å². The summed E-state index contributed by atoms with van der Waals surface area (Å²) >= 11 is 0. The fourth-order valence-electron chi connectivity index (χ4n) is 7.36. The molecule has 0 atom stereocenters. The lowest BCUT2D eigenvalue weighted by molar-refractivity contribution is 1.59. The van der Waals surface area contributed by atoms with Crippen LogP contribution in [0.2, 0.25) is 0 Å². The van der Waals surface area contributed by atoms with Gasteiger partial charge in [0.2, 0.25) is 0 Å². The van der Waals surface area contributed by atoms with Crippen LogP contribution in [0, 0.1) is 0 Å². The summed E-state index contributed by atoms with van der Waals surface area (Å²) in [5.74, 6) is 0. The maximum Gasteiger partial charge on any atom is -0.00201 e. The Hall–Kier alpha value is -6.24. The van der Waals surface area contributed by atoms with E-state index >= 15 is 0 Å². The van der Waals surface area contributed by atoms with E-state index in [1.165, 1.54) is 88.0 Å². The van der Waals surface area contributed by atoms with Crippen LogP contribution in [0.5, 0.6) is 0 Å². The second kappa shape index (κ2) is 11.8. The molecule has 9 rings (SSSR count). The van der Waals surface area contributed by atoms with Gasteiger partial charge < -0.3 is 0 Å². The van der Waals surface area contributed by atoms with Crippen LogP contribution < -0.4 is 0 Å². The lowest BCUT2D eigenvalue weighted by atomic mass is 9.83. The second-order valence-electron chi connectivity index (χ2n) is 12.5. The first-order valence-electron chi connectivity index (χ1n) is 16.6. The van der Waals surface area contributed by atoms with Crippen molar-refractivity contribution >= 4 is 32.3 Å². The third-order valence-electron chi connectivity index (χ3n) is 9.67. The van der Waals surface area contributed by atoms with Crippen LogP contribution in [0.4, 0.5) is 0 Å². The van der Waals surface area contributed by atoms with Crippen molar-refractivity contribution in [3.63, 3.8) is 0 Å². The average molecular weight is 609 g/mol. The van der Waals surface area contributed by atoms with Crippen LogP contribution in [-0.4, -0.2) is 0 Å². The Morgan fingerprint density at radius 2 is 0.625 bits per heavy atom. The summed E-state index contributed by atoms with van der Waals surface area (Å²) < 4.78 is 0. The van der Waals surface area contributed by atoms with Gasteiger partial charge in [0, 0.05) is 0 Å². The molecule has 0 aliphatic carbocycles. The van der Waals surface area contributed by atoms with E-state index in [1.54, 1.807) is 0 Å². The minimum atomic E-state index is 1.21. The molecule has 0 aliphatic rings. The van der Waals surface area contributed by atoms with Crippen molar-refractivity contribution in [2.45, 2.75) is 0 Å². The standard InChI is InChI=1S/C48H32/c1-4-13-33(14-5-1)34-23-25-35(26-24-34)39-27-29-43-44-30-28-40(42-22-12-20-36-15-10-11-21-41(36)42)32-46(44)48(38-18-8-3-9-19-38)47(45(43)31-39)37-16-6-2-7-17-37/h1-32H. The minimum absolute atomic E-state index is 1.21. The molecular weight excluding hydrogens is 577 g/mol. The molecule has 48 heavy (non-hydrogen) atoms. The molecule has 0 heteroatoms. The van der Waals surface area contributed by atoms with E-state index in [0.717, 1.165) is 0 Å². The van der Waals surface area contributed by atoms with Crippen molar-refractivity contribution in [2.75, 3.05) is 0 Å². The van der Waals surface area contributed by atoms with Gasteiger partial charge in [0.15, 0.2) is 0 Å². The fourth-order valence-corrected chi connectivity index (χ4v) is 7.36. The highest BCUT2D eigenvalue weighted by atomic mass is 14.2. The molecule has 9 aromatic rings. The second-order valence-corrected chi connectivity index (χ2v) is 12.5. The van der Waals surface area contributed by atoms with Gasteiger partial charge in [0.25, 0.3) is 0 Å². The maximum atomic E-state index is 2.42. The van der Waals surface area contributed by atoms with Gasteiger partial charge in [-0.1, -0.05) is 182 Å². The first kappa shape index (κ1) is 28.0. The number of fused-ring (bicyclic) bond motifs is 4. The smallest absolute Gasteiger partial charge is 0.00201 e. The van der Waals surface area contributed by atoms with Gasteiger partial charge in [-0.2, -0.15) is 0 Å². The SMILES string of the molecule is c1ccc(-c2ccc(-c3ccc4c(c3)c(-c3ccccc3)c(-c3ccccc3)c3cc(-c5cccc6ccccc56)ccc34)cc2)cc1. The van der Waals surface area contributed by atoms with Gasteiger partial charge in [-0.3, -0.25) is 0 Å². The van der Waals surface area contributed by atoms with Crippen molar-refractivity contribution in [3.8, 4) is 55.6 Å². The monoisotopic (exact) mass is 608 g/mol. The molecule has 0 saturated heterocycles. The lowest BCUT2D eigenvalue weighted by Gasteiger charge is -2.20. The van der Waals surface area contributed by atoms with Crippen LogP contribution in [0.1, 0.15) is 0 Å². The molecule has 0 spiro atoms. The van der Waals surface area contributed by atoms with Crippen molar-refractivity contribution in [2.24, 2.45) is 0 Å². The highest BCUT2D eigenvalue weighted by molar-refractivity contribution is 6.23. The lowest BCUT2D eigenvalue weighted by Crippen LogP contribution is -1.93. The Bertz CT molecular complexity index is 2560. The summed E-state index contributed by atoms with van der Waals surface area (Å²) in [6.07, 6.45) is 0. The molecule has 0 unspecified atom stereocenters. The normalized spacial score (nSPS) is 11.3. The summed E-state index contributed by atoms with van der Waals surface area (Å²) in [5, 5.41) is 7.57. The largest absolute Gasteiger partial charge is 0.0622 e. The predicted octanol–water partition coefficient (Wildman–Crippen LogP) is 13.5. The zero-order valence-electron chi connectivity index (χ0n) is 26.5. The third kappa shape index (κ3) is 4.87. The van der Waals surface area contributed by atoms with Crippen LogP contribution in [-0.2, 0) is 0 Å². The van der Waals surface area contributed by atoms with Gasteiger partial charge in [-0.05, 0) is 100 Å². The van der Waals surface area contributed by atoms with Crippen molar-refractivity contribution in [1.82, 2.24) is 0 Å². The number of rotatable bonds is 5. The molecule has 9 aromatic carbocycles. The Balaban J connectivity index is 1.33. The van der Waals surface area contributed by atoms with Crippen LogP contribution in [0.25, 0.3) is 88.0 Å². The highest BCUT2D eigenvalue weighted by Gasteiger charge is 2.19. The van der Waals surface area contributed by atoms with Gasteiger partial charge in [0.05, 0.1) is 0 Å². The Morgan fingerprint density at radius 3 is 1.23 bits per heavy atom. The zero-order valence-corrected chi connectivity index (χ0v) is 26.5. The molecular formula is C48H32. The molecule has 0 fully saturated rings. The molecule has 0 aromatic heterocycles. The number of hydrogen-bond donors (Lipinski definition) is 0. The Morgan fingerprint density at radius 1 is 0.208 bits per heavy atom. The van der Waals surface area contributed by atoms with E-state index in [9.17, 15) is 0 Å². The van der Waals surface area contributed by atoms with Gasteiger partial charge in [-0.15, -0.1) is 0 Å². The van der Waals surface area contributed by atoms with Crippen molar-refractivity contribution in [1.29, 1.82) is 0 Å². The topological polar surface area (TPSA) is 0 Å². The minimum Gasteiger partial charge on any atom is -0.0622 e. The summed E-state index contributed by atoms with van der Waals surface area (Å²) in [5.41, 5.74) is 12.3. The zero-order chi connectivity index (χ0) is 31.9. The fraction of sp³-hybridized carbons (Fsp3) is 0. The predicted molar refractivity (Wildman–Crippen MR) is 206 cm³/mol. The van der Waals surface area contributed by atoms with Crippen LogP contribution in [0.15, 0.2) is 194 Å². The van der Waals surface area contributed by atoms with Gasteiger partial charge in [-0.25, -0.2) is 0 Å². The summed E-state index contributed by atoms with van der Waals surface area (Å²) in [6, 6.07) is 70.8. The maximum absolute atomic E-state index is 2.42. The summed E-state index contributed by atoms with van der Waals surface area (Å²) in [4.78, 5) is 0. The molecule has 224 valence electrons. The molecule has 0 saturated carbocycles. The molecule has 0 amide bonds. The Labute approximate surface area is 281 Å². The van der Waals surface area contributed by atoms with E-state index < -0.39 is 0 Å². The van der Waals surface area contributed by atoms with Crippen molar-refractivity contribution in [3.05, 3.63) is 194 Å². The van der Waals surface area contributed by atoms with E-state index in [0.29, 0.717) is 0 Å². The molecule has 0 aliphatic heterocycles. The van der Waals surface area contributed by atoms with Gasteiger partial charge >= 0.3 is 0 Å². The molecule has 0 nitrogen and oxygen atoms in total. The van der Waals surface area contributed by atoms with Gasteiger partial charge in [0.1, 0.15) is 0 Å². The van der Waals surface area contributed by atoms with E-state index in [-0.39, 0.29) is 0 Å². The first-order chi connectivity index (χ1) is 23.8. The molecule has 0 bridgehead atoms. The molecule has 0 N–H and O–H groups in total. The quantitative estimate of drug-likeness (QED) is 0.171. The molecule has 0 radical (unpaired) electrons. The average Bonchev–Trinajstić information content (AvgIpc) is 3.18. The van der Waals surface area contributed by atoms with Crippen LogP contribution >= 0.6 is 0 Å². The highest BCUT2D eigenvalue weighted by Crippen LogP contribution is 2.46. The summed E-state index contributed by atoms with van der Waals surface area (Å²) in [6.45, 7) is 0. The Kier molecular flexibility index (Phi) is 6.91. The van der Waals surface area contributed by atoms with E-state index in [4.69, 9.17) is 0 Å². The first-order valence-corrected chi connectivity index (χ1v) is 16.6. The third-order valence-corrected chi connectivity index (χ3v) is 9.67. The molecule has 0 heterocycles. The van der Waals surface area contributed by atoms with E-state index in [1.807, 2.05) is 0 Å². The van der Waals surface area contributed by atoms with Crippen LogP contribution in [0.3, 0.4) is 0 Å². The summed E-state index contributed by atoms with van der Waals surface area (Å²) in [7, 11) is 0. The number of benzene rings is 9.